The first-order valence-corrected chi connectivity index (χ1v) is 7.87. The summed E-state index contributed by atoms with van der Waals surface area (Å²) in [6, 6.07) is 14.7. The third kappa shape index (κ3) is 2.01. The highest BCUT2D eigenvalue weighted by Crippen LogP contribution is 2.39. The van der Waals surface area contributed by atoms with Gasteiger partial charge in [0.2, 0.25) is 0 Å². The molecule has 2 nitrogen and oxygen atoms in total. The highest BCUT2D eigenvalue weighted by molar-refractivity contribution is 9.09. The second kappa shape index (κ2) is 4.81. The van der Waals surface area contributed by atoms with Gasteiger partial charge in [-0.05, 0) is 28.8 Å². The van der Waals surface area contributed by atoms with Crippen LogP contribution in [0.3, 0.4) is 0 Å². The summed E-state index contributed by atoms with van der Waals surface area (Å²) in [5.41, 5.74) is 3.88. The molecule has 2 aliphatic heterocycles. The summed E-state index contributed by atoms with van der Waals surface area (Å²) in [4.78, 5) is 0.209. The molecule has 0 spiro atoms. The predicted octanol–water partition coefficient (Wildman–Crippen LogP) is 4.06. The van der Waals surface area contributed by atoms with Crippen LogP contribution in [0.2, 0.25) is 0 Å². The third-order valence-electron chi connectivity index (χ3n) is 4.03. The molecule has 0 saturated heterocycles. The molecule has 0 amide bonds. The number of rotatable bonds is 2. The fourth-order valence-corrected chi connectivity index (χ4v) is 3.54. The SMILES string of the molecule is BrC(c1ccc2c(c1)CCO2)C1Cc2ccccc2O1. The van der Waals surface area contributed by atoms with Gasteiger partial charge in [-0.25, -0.2) is 0 Å². The van der Waals surface area contributed by atoms with Crippen molar-refractivity contribution in [3.63, 3.8) is 0 Å². The first-order valence-electron chi connectivity index (χ1n) is 6.95. The molecule has 0 radical (unpaired) electrons. The normalized spacial score (nSPS) is 20.8. The Hall–Kier alpha value is -1.48. The molecule has 102 valence electrons. The van der Waals surface area contributed by atoms with E-state index >= 15 is 0 Å². The van der Waals surface area contributed by atoms with Crippen molar-refractivity contribution in [1.29, 1.82) is 0 Å². The van der Waals surface area contributed by atoms with Crippen LogP contribution in [0.4, 0.5) is 0 Å². The molecule has 2 atom stereocenters. The predicted molar refractivity (Wildman–Crippen MR) is 81.9 cm³/mol. The number of halogens is 1. The summed E-state index contributed by atoms with van der Waals surface area (Å²) in [6.45, 7) is 0.803. The van der Waals surface area contributed by atoms with E-state index in [-0.39, 0.29) is 10.9 Å². The molecule has 0 aromatic heterocycles. The van der Waals surface area contributed by atoms with Crippen molar-refractivity contribution in [2.24, 2.45) is 0 Å². The molecule has 2 aliphatic rings. The zero-order chi connectivity index (χ0) is 13.5. The lowest BCUT2D eigenvalue weighted by Gasteiger charge is -2.18. The van der Waals surface area contributed by atoms with E-state index in [9.17, 15) is 0 Å². The van der Waals surface area contributed by atoms with E-state index in [2.05, 4.69) is 46.3 Å². The standard InChI is InChI=1S/C17H15BrO2/c18-17(13-5-6-14-12(9-13)7-8-19-14)16-10-11-3-1-2-4-15(11)20-16/h1-6,9,16-17H,7-8,10H2. The third-order valence-corrected chi connectivity index (χ3v) is 5.15. The molecule has 2 aromatic carbocycles. The smallest absolute Gasteiger partial charge is 0.123 e. The van der Waals surface area contributed by atoms with Crippen LogP contribution >= 0.6 is 15.9 Å². The van der Waals surface area contributed by atoms with Gasteiger partial charge in [0.1, 0.15) is 17.6 Å². The van der Waals surface area contributed by atoms with E-state index in [1.807, 2.05) is 12.1 Å². The molecule has 2 heterocycles. The summed E-state index contributed by atoms with van der Waals surface area (Å²) in [7, 11) is 0. The largest absolute Gasteiger partial charge is 0.493 e. The van der Waals surface area contributed by atoms with Crippen LogP contribution in [0.1, 0.15) is 21.5 Å². The Bertz CT molecular complexity index is 628. The summed E-state index contributed by atoms with van der Waals surface area (Å²) in [5, 5.41) is 0. The van der Waals surface area contributed by atoms with Gasteiger partial charge in [-0.3, -0.25) is 0 Å². The van der Waals surface area contributed by atoms with Crippen molar-refractivity contribution < 1.29 is 9.47 Å². The number of hydrogen-bond donors (Lipinski definition) is 0. The maximum absolute atomic E-state index is 6.06. The van der Waals surface area contributed by atoms with Gasteiger partial charge in [0, 0.05) is 12.8 Å². The fourth-order valence-electron chi connectivity index (χ4n) is 2.96. The number of ether oxygens (including phenoxy) is 2. The molecule has 20 heavy (non-hydrogen) atoms. The second-order valence-corrected chi connectivity index (χ2v) is 6.32. The Morgan fingerprint density at radius 2 is 1.95 bits per heavy atom. The number of para-hydroxylation sites is 1. The lowest BCUT2D eigenvalue weighted by atomic mass is 10.0. The molecule has 3 heteroatoms. The average molecular weight is 331 g/mol. The quantitative estimate of drug-likeness (QED) is 0.773. The molecule has 0 bridgehead atoms. The summed E-state index contributed by atoms with van der Waals surface area (Å²) < 4.78 is 11.6. The minimum atomic E-state index is 0.160. The summed E-state index contributed by atoms with van der Waals surface area (Å²) in [5.74, 6) is 2.05. The van der Waals surface area contributed by atoms with Crippen LogP contribution in [-0.4, -0.2) is 12.7 Å². The van der Waals surface area contributed by atoms with Gasteiger partial charge >= 0.3 is 0 Å². The number of fused-ring (bicyclic) bond motifs is 2. The minimum Gasteiger partial charge on any atom is -0.493 e. The maximum Gasteiger partial charge on any atom is 0.123 e. The van der Waals surface area contributed by atoms with Crippen molar-refractivity contribution in [3.8, 4) is 11.5 Å². The Balaban J connectivity index is 1.58. The van der Waals surface area contributed by atoms with Crippen molar-refractivity contribution in [2.45, 2.75) is 23.8 Å². The lowest BCUT2D eigenvalue weighted by molar-refractivity contribution is 0.232. The van der Waals surface area contributed by atoms with Crippen LogP contribution in [0.15, 0.2) is 42.5 Å². The zero-order valence-electron chi connectivity index (χ0n) is 11.0. The van der Waals surface area contributed by atoms with E-state index in [4.69, 9.17) is 9.47 Å². The van der Waals surface area contributed by atoms with E-state index in [0.29, 0.717) is 0 Å². The van der Waals surface area contributed by atoms with Crippen molar-refractivity contribution in [2.75, 3.05) is 6.61 Å². The topological polar surface area (TPSA) is 18.5 Å². The first kappa shape index (κ1) is 12.3. The molecule has 0 fully saturated rings. The Kier molecular flexibility index (Phi) is 2.95. The van der Waals surface area contributed by atoms with E-state index in [0.717, 1.165) is 30.9 Å². The van der Waals surface area contributed by atoms with Gasteiger partial charge in [-0.1, -0.05) is 46.3 Å². The summed E-state index contributed by atoms with van der Waals surface area (Å²) in [6.07, 6.45) is 2.13. The molecule has 2 unspecified atom stereocenters. The zero-order valence-corrected chi connectivity index (χ0v) is 12.6. The Labute approximate surface area is 126 Å². The van der Waals surface area contributed by atoms with Gasteiger partial charge in [-0.2, -0.15) is 0 Å². The van der Waals surface area contributed by atoms with Gasteiger partial charge in [0.25, 0.3) is 0 Å². The van der Waals surface area contributed by atoms with Crippen LogP contribution in [0.25, 0.3) is 0 Å². The average Bonchev–Trinajstić information content (AvgIpc) is 3.11. The van der Waals surface area contributed by atoms with Crippen LogP contribution in [-0.2, 0) is 12.8 Å². The van der Waals surface area contributed by atoms with Crippen LogP contribution in [0.5, 0.6) is 11.5 Å². The molecular formula is C17H15BrO2. The highest BCUT2D eigenvalue weighted by Gasteiger charge is 2.30. The second-order valence-electron chi connectivity index (χ2n) is 5.34. The molecule has 4 rings (SSSR count). The minimum absolute atomic E-state index is 0.160. The summed E-state index contributed by atoms with van der Waals surface area (Å²) >= 11 is 3.81. The molecule has 0 saturated carbocycles. The van der Waals surface area contributed by atoms with Crippen LogP contribution < -0.4 is 9.47 Å². The van der Waals surface area contributed by atoms with Crippen molar-refractivity contribution >= 4 is 15.9 Å². The molecule has 0 N–H and O–H groups in total. The van der Waals surface area contributed by atoms with Gasteiger partial charge < -0.3 is 9.47 Å². The van der Waals surface area contributed by atoms with E-state index < -0.39 is 0 Å². The van der Waals surface area contributed by atoms with Gasteiger partial charge in [-0.15, -0.1) is 0 Å². The highest BCUT2D eigenvalue weighted by atomic mass is 79.9. The molecule has 2 aromatic rings. The Morgan fingerprint density at radius 3 is 2.85 bits per heavy atom. The molecule has 0 aliphatic carbocycles. The maximum atomic E-state index is 6.06. The van der Waals surface area contributed by atoms with E-state index in [1.165, 1.54) is 16.7 Å². The monoisotopic (exact) mass is 330 g/mol. The van der Waals surface area contributed by atoms with Crippen molar-refractivity contribution in [1.82, 2.24) is 0 Å². The lowest BCUT2D eigenvalue weighted by Crippen LogP contribution is -2.19. The number of hydrogen-bond acceptors (Lipinski definition) is 2. The van der Waals surface area contributed by atoms with E-state index in [1.54, 1.807) is 0 Å². The first-order chi connectivity index (χ1) is 9.81. The van der Waals surface area contributed by atoms with Crippen LogP contribution in [0, 0.1) is 0 Å². The molecular weight excluding hydrogens is 316 g/mol. The van der Waals surface area contributed by atoms with Gasteiger partial charge in [0.05, 0.1) is 11.4 Å². The Morgan fingerprint density at radius 1 is 1.05 bits per heavy atom. The van der Waals surface area contributed by atoms with Crippen molar-refractivity contribution in [3.05, 3.63) is 59.2 Å². The number of benzene rings is 2. The number of alkyl halides is 1. The van der Waals surface area contributed by atoms with Gasteiger partial charge in [0.15, 0.2) is 0 Å². The fraction of sp³-hybridized carbons (Fsp3) is 0.294.